The maximum atomic E-state index is 11.0. The standard InChI is InChI=1S/C9H7BrCl2O2/c1-14-8(13)4-5-2-6(11)9(10)7(12)3-5/h2-3H,4H2,1H3. The molecule has 0 saturated carbocycles. The van der Waals surface area contributed by atoms with Crippen molar-refractivity contribution in [1.29, 1.82) is 0 Å². The Morgan fingerprint density at radius 1 is 1.43 bits per heavy atom. The summed E-state index contributed by atoms with van der Waals surface area (Å²) < 4.78 is 5.16. The molecule has 0 fully saturated rings. The highest BCUT2D eigenvalue weighted by Crippen LogP contribution is 2.31. The van der Waals surface area contributed by atoms with E-state index in [-0.39, 0.29) is 12.4 Å². The number of benzene rings is 1. The van der Waals surface area contributed by atoms with Crippen LogP contribution >= 0.6 is 39.1 Å². The van der Waals surface area contributed by atoms with E-state index in [1.165, 1.54) is 7.11 Å². The Labute approximate surface area is 100 Å². The summed E-state index contributed by atoms with van der Waals surface area (Å²) in [6.07, 6.45) is 0.170. The lowest BCUT2D eigenvalue weighted by atomic mass is 10.1. The zero-order valence-electron chi connectivity index (χ0n) is 7.31. The van der Waals surface area contributed by atoms with Gasteiger partial charge in [-0.05, 0) is 33.6 Å². The second-order valence-electron chi connectivity index (χ2n) is 2.63. The topological polar surface area (TPSA) is 26.3 Å². The summed E-state index contributed by atoms with van der Waals surface area (Å²) in [6.45, 7) is 0. The molecule has 0 bridgehead atoms. The van der Waals surface area contributed by atoms with E-state index in [1.807, 2.05) is 0 Å². The number of ether oxygens (including phenoxy) is 1. The third-order valence-electron chi connectivity index (χ3n) is 1.62. The molecule has 1 aromatic rings. The molecule has 0 heterocycles. The van der Waals surface area contributed by atoms with E-state index in [4.69, 9.17) is 23.2 Å². The molecule has 0 aromatic heterocycles. The molecule has 1 rings (SSSR count). The van der Waals surface area contributed by atoms with E-state index in [1.54, 1.807) is 12.1 Å². The normalized spacial score (nSPS) is 10.0. The van der Waals surface area contributed by atoms with Gasteiger partial charge in [0, 0.05) is 0 Å². The van der Waals surface area contributed by atoms with Crippen molar-refractivity contribution < 1.29 is 9.53 Å². The lowest BCUT2D eigenvalue weighted by Crippen LogP contribution is -2.04. The minimum absolute atomic E-state index is 0.170. The number of esters is 1. The van der Waals surface area contributed by atoms with E-state index < -0.39 is 0 Å². The van der Waals surface area contributed by atoms with Crippen LogP contribution in [0.5, 0.6) is 0 Å². The van der Waals surface area contributed by atoms with Crippen molar-refractivity contribution in [2.75, 3.05) is 7.11 Å². The van der Waals surface area contributed by atoms with Crippen LogP contribution in [0.1, 0.15) is 5.56 Å². The van der Waals surface area contributed by atoms with Crippen LogP contribution in [0.15, 0.2) is 16.6 Å². The summed E-state index contributed by atoms with van der Waals surface area (Å²) in [7, 11) is 1.34. The van der Waals surface area contributed by atoms with E-state index >= 15 is 0 Å². The fourth-order valence-corrected chi connectivity index (χ4v) is 1.71. The van der Waals surface area contributed by atoms with Crippen molar-refractivity contribution in [1.82, 2.24) is 0 Å². The predicted molar refractivity (Wildman–Crippen MR) is 59.9 cm³/mol. The Hall–Kier alpha value is -0.250. The van der Waals surface area contributed by atoms with Crippen molar-refractivity contribution in [2.24, 2.45) is 0 Å². The lowest BCUT2D eigenvalue weighted by molar-refractivity contribution is -0.139. The first kappa shape index (κ1) is 11.8. The highest BCUT2D eigenvalue weighted by molar-refractivity contribution is 9.10. The van der Waals surface area contributed by atoms with Gasteiger partial charge in [-0.15, -0.1) is 0 Å². The summed E-state index contributed by atoms with van der Waals surface area (Å²) in [5.41, 5.74) is 0.732. The van der Waals surface area contributed by atoms with Crippen LogP contribution in [-0.2, 0) is 16.0 Å². The van der Waals surface area contributed by atoms with E-state index in [0.29, 0.717) is 14.5 Å². The maximum absolute atomic E-state index is 11.0. The second-order valence-corrected chi connectivity index (χ2v) is 4.23. The molecular formula is C9H7BrCl2O2. The first-order valence-electron chi connectivity index (χ1n) is 3.75. The first-order chi connectivity index (χ1) is 6.54. The largest absolute Gasteiger partial charge is 0.469 e. The van der Waals surface area contributed by atoms with Crippen LogP contribution in [0.4, 0.5) is 0 Å². The van der Waals surface area contributed by atoms with Gasteiger partial charge in [0.2, 0.25) is 0 Å². The third kappa shape index (κ3) is 2.87. The van der Waals surface area contributed by atoms with Crippen LogP contribution < -0.4 is 0 Å². The van der Waals surface area contributed by atoms with Crippen LogP contribution in [0.2, 0.25) is 10.0 Å². The van der Waals surface area contributed by atoms with Crippen LogP contribution in [0.25, 0.3) is 0 Å². The Morgan fingerprint density at radius 3 is 2.36 bits per heavy atom. The van der Waals surface area contributed by atoms with Crippen LogP contribution in [-0.4, -0.2) is 13.1 Å². The third-order valence-corrected chi connectivity index (χ3v) is 3.53. The van der Waals surface area contributed by atoms with Gasteiger partial charge in [-0.25, -0.2) is 0 Å². The molecule has 2 nitrogen and oxygen atoms in total. The number of carbonyl (C=O) groups is 1. The summed E-state index contributed by atoms with van der Waals surface area (Å²) in [6, 6.07) is 3.35. The minimum Gasteiger partial charge on any atom is -0.469 e. The number of rotatable bonds is 2. The van der Waals surface area contributed by atoms with E-state index in [2.05, 4.69) is 20.7 Å². The molecule has 0 aliphatic rings. The molecule has 76 valence electrons. The van der Waals surface area contributed by atoms with Gasteiger partial charge in [-0.3, -0.25) is 4.79 Å². The molecular weight excluding hydrogens is 291 g/mol. The summed E-state index contributed by atoms with van der Waals surface area (Å²) in [4.78, 5) is 11.0. The van der Waals surface area contributed by atoms with E-state index in [0.717, 1.165) is 5.56 Å². The zero-order chi connectivity index (χ0) is 10.7. The Balaban J connectivity index is 2.95. The minimum atomic E-state index is -0.320. The molecule has 0 saturated heterocycles. The molecule has 0 spiro atoms. The monoisotopic (exact) mass is 296 g/mol. The van der Waals surface area contributed by atoms with Gasteiger partial charge >= 0.3 is 5.97 Å². The quantitative estimate of drug-likeness (QED) is 0.617. The fraction of sp³-hybridized carbons (Fsp3) is 0.222. The van der Waals surface area contributed by atoms with Crippen LogP contribution in [0, 0.1) is 0 Å². The molecule has 0 amide bonds. The molecule has 14 heavy (non-hydrogen) atoms. The van der Waals surface area contributed by atoms with Crippen molar-refractivity contribution in [3.63, 3.8) is 0 Å². The van der Waals surface area contributed by atoms with Gasteiger partial charge in [0.15, 0.2) is 0 Å². The maximum Gasteiger partial charge on any atom is 0.309 e. The molecule has 0 unspecified atom stereocenters. The van der Waals surface area contributed by atoms with Gasteiger partial charge in [0.25, 0.3) is 0 Å². The number of carbonyl (C=O) groups excluding carboxylic acids is 1. The molecule has 5 heteroatoms. The average Bonchev–Trinajstić information content (AvgIpc) is 2.14. The molecule has 0 aliphatic carbocycles. The predicted octanol–water partition coefficient (Wildman–Crippen LogP) is 3.47. The number of hydrogen-bond donors (Lipinski definition) is 0. The molecule has 1 aromatic carbocycles. The highest BCUT2D eigenvalue weighted by Gasteiger charge is 2.08. The Morgan fingerprint density at radius 2 is 1.93 bits per heavy atom. The average molecular weight is 298 g/mol. The van der Waals surface area contributed by atoms with Gasteiger partial charge in [-0.1, -0.05) is 23.2 Å². The lowest BCUT2D eigenvalue weighted by Gasteiger charge is -2.04. The zero-order valence-corrected chi connectivity index (χ0v) is 10.4. The van der Waals surface area contributed by atoms with Gasteiger partial charge < -0.3 is 4.74 Å². The van der Waals surface area contributed by atoms with Gasteiger partial charge in [0.05, 0.1) is 28.0 Å². The highest BCUT2D eigenvalue weighted by atomic mass is 79.9. The second kappa shape index (κ2) is 5.01. The van der Waals surface area contributed by atoms with E-state index in [9.17, 15) is 4.79 Å². The smallest absolute Gasteiger partial charge is 0.309 e. The van der Waals surface area contributed by atoms with Crippen molar-refractivity contribution in [3.8, 4) is 0 Å². The molecule has 0 aliphatic heterocycles. The molecule has 0 N–H and O–H groups in total. The molecule has 0 radical (unpaired) electrons. The molecule has 0 atom stereocenters. The van der Waals surface area contributed by atoms with Crippen molar-refractivity contribution in [2.45, 2.75) is 6.42 Å². The number of hydrogen-bond acceptors (Lipinski definition) is 2. The SMILES string of the molecule is COC(=O)Cc1cc(Cl)c(Br)c(Cl)c1. The number of methoxy groups -OCH3 is 1. The Bertz CT molecular complexity index is 343. The van der Waals surface area contributed by atoms with Gasteiger partial charge in [-0.2, -0.15) is 0 Å². The first-order valence-corrected chi connectivity index (χ1v) is 5.29. The van der Waals surface area contributed by atoms with Crippen LogP contribution in [0.3, 0.4) is 0 Å². The fourth-order valence-electron chi connectivity index (χ4n) is 0.949. The van der Waals surface area contributed by atoms with Crippen molar-refractivity contribution in [3.05, 3.63) is 32.2 Å². The number of halogens is 3. The summed E-state index contributed by atoms with van der Waals surface area (Å²) >= 11 is 14.9. The summed E-state index contributed by atoms with van der Waals surface area (Å²) in [5, 5.41) is 0.966. The van der Waals surface area contributed by atoms with Crippen molar-refractivity contribution >= 4 is 45.1 Å². The van der Waals surface area contributed by atoms with Gasteiger partial charge in [0.1, 0.15) is 0 Å². The Kier molecular flexibility index (Phi) is 4.23. The summed E-state index contributed by atoms with van der Waals surface area (Å²) in [5.74, 6) is -0.320.